The first-order valence-electron chi connectivity index (χ1n) is 7.33. The molecular formula is C18H18ClN3OS. The molecule has 4 nitrogen and oxygen atoms in total. The van der Waals surface area contributed by atoms with Gasteiger partial charge in [0.25, 0.3) is 0 Å². The van der Waals surface area contributed by atoms with Crippen LogP contribution in [0, 0.1) is 11.3 Å². The van der Waals surface area contributed by atoms with E-state index in [4.69, 9.17) is 16.9 Å². The van der Waals surface area contributed by atoms with Gasteiger partial charge in [0.2, 0.25) is 5.91 Å². The van der Waals surface area contributed by atoms with Gasteiger partial charge in [0, 0.05) is 17.1 Å². The van der Waals surface area contributed by atoms with E-state index in [1.54, 1.807) is 30.0 Å². The lowest BCUT2D eigenvalue weighted by Gasteiger charge is -2.16. The van der Waals surface area contributed by atoms with Crippen LogP contribution in [0.25, 0.3) is 0 Å². The molecular weight excluding hydrogens is 342 g/mol. The number of thioether (sulfide) groups is 1. The maximum Gasteiger partial charge on any atom is 0.238 e. The van der Waals surface area contributed by atoms with E-state index >= 15 is 0 Å². The molecule has 0 bridgehead atoms. The van der Waals surface area contributed by atoms with E-state index in [9.17, 15) is 4.79 Å². The second-order valence-corrected chi connectivity index (χ2v) is 6.66. The van der Waals surface area contributed by atoms with Gasteiger partial charge >= 0.3 is 0 Å². The predicted octanol–water partition coefficient (Wildman–Crippen LogP) is 4.00. The Morgan fingerprint density at radius 1 is 1.29 bits per heavy atom. The lowest BCUT2D eigenvalue weighted by atomic mass is 10.2. The minimum Gasteiger partial charge on any atom is -0.325 e. The summed E-state index contributed by atoms with van der Waals surface area (Å²) in [5.74, 6) is -0.126. The predicted molar refractivity (Wildman–Crippen MR) is 99.4 cm³/mol. The summed E-state index contributed by atoms with van der Waals surface area (Å²) in [5.41, 5.74) is 2.13. The maximum absolute atomic E-state index is 12.1. The smallest absolute Gasteiger partial charge is 0.238 e. The van der Waals surface area contributed by atoms with Crippen LogP contribution in [0.2, 0.25) is 5.02 Å². The first kappa shape index (κ1) is 18.3. The van der Waals surface area contributed by atoms with E-state index < -0.39 is 0 Å². The summed E-state index contributed by atoms with van der Waals surface area (Å²) >= 11 is 7.67. The monoisotopic (exact) mass is 359 g/mol. The number of hydrogen-bond acceptors (Lipinski definition) is 4. The Balaban J connectivity index is 1.89. The zero-order chi connectivity index (χ0) is 17.5. The summed E-state index contributed by atoms with van der Waals surface area (Å²) in [4.78, 5) is 15.3. The van der Waals surface area contributed by atoms with Crippen molar-refractivity contribution in [3.8, 4) is 6.07 Å². The van der Waals surface area contributed by atoms with Crippen LogP contribution in [0.5, 0.6) is 0 Å². The number of halogens is 1. The number of anilines is 1. The number of hydrogen-bond donors (Lipinski definition) is 1. The normalized spacial score (nSPS) is 10.5. The first-order chi connectivity index (χ1) is 11.5. The fourth-order valence-corrected chi connectivity index (χ4v) is 2.86. The van der Waals surface area contributed by atoms with Gasteiger partial charge in [-0.05, 0) is 49.2 Å². The Bertz CT molecular complexity index is 756. The average molecular weight is 360 g/mol. The number of likely N-dealkylation sites (N-methyl/N-ethyl adjacent to an activating group) is 1. The number of carbonyl (C=O) groups is 1. The number of benzene rings is 2. The number of rotatable bonds is 6. The first-order valence-corrected chi connectivity index (χ1v) is 8.93. The molecule has 2 aromatic rings. The van der Waals surface area contributed by atoms with Gasteiger partial charge < -0.3 is 5.32 Å². The zero-order valence-corrected chi connectivity index (χ0v) is 15.1. The van der Waals surface area contributed by atoms with E-state index in [0.29, 0.717) is 22.8 Å². The summed E-state index contributed by atoms with van der Waals surface area (Å²) in [5, 5.41) is 12.0. The fourth-order valence-electron chi connectivity index (χ4n) is 2.23. The number of carbonyl (C=O) groups excluding carboxylic acids is 1. The fraction of sp³-hybridized carbons (Fsp3) is 0.222. The van der Waals surface area contributed by atoms with Crippen molar-refractivity contribution in [2.75, 3.05) is 25.2 Å². The Kier molecular flexibility index (Phi) is 6.68. The Morgan fingerprint density at radius 3 is 2.58 bits per heavy atom. The van der Waals surface area contributed by atoms with Gasteiger partial charge in [-0.25, -0.2) is 0 Å². The van der Waals surface area contributed by atoms with Crippen molar-refractivity contribution in [2.24, 2.45) is 0 Å². The lowest BCUT2D eigenvalue weighted by molar-refractivity contribution is -0.117. The van der Waals surface area contributed by atoms with Gasteiger partial charge in [-0.3, -0.25) is 9.69 Å². The SMILES string of the molecule is CSc1ccc(CN(C)CC(=O)Nc2ccc(C#N)c(Cl)c2)cc1. The van der Waals surface area contributed by atoms with Crippen LogP contribution in [0.1, 0.15) is 11.1 Å². The van der Waals surface area contributed by atoms with Crippen LogP contribution < -0.4 is 5.32 Å². The highest BCUT2D eigenvalue weighted by atomic mass is 35.5. The van der Waals surface area contributed by atoms with Gasteiger partial charge in [-0.2, -0.15) is 5.26 Å². The third-order valence-electron chi connectivity index (χ3n) is 3.40. The molecule has 2 rings (SSSR count). The standard InChI is InChI=1S/C18H18ClN3OS/c1-22(11-13-3-7-16(24-2)8-4-13)12-18(23)21-15-6-5-14(10-20)17(19)9-15/h3-9H,11-12H2,1-2H3,(H,21,23). The van der Waals surface area contributed by atoms with Crippen LogP contribution in [0.4, 0.5) is 5.69 Å². The van der Waals surface area contributed by atoms with Crippen LogP contribution in [-0.4, -0.2) is 30.7 Å². The van der Waals surface area contributed by atoms with Crippen LogP contribution in [0.15, 0.2) is 47.4 Å². The van der Waals surface area contributed by atoms with Gasteiger partial charge in [-0.1, -0.05) is 23.7 Å². The molecule has 6 heteroatoms. The molecule has 24 heavy (non-hydrogen) atoms. The molecule has 0 spiro atoms. The van der Waals surface area contributed by atoms with Crippen molar-refractivity contribution in [1.82, 2.24) is 4.90 Å². The van der Waals surface area contributed by atoms with E-state index in [2.05, 4.69) is 29.6 Å². The van der Waals surface area contributed by atoms with Crippen molar-refractivity contribution in [2.45, 2.75) is 11.4 Å². The molecule has 0 radical (unpaired) electrons. The molecule has 0 saturated carbocycles. The molecule has 2 aromatic carbocycles. The number of nitrogens with zero attached hydrogens (tertiary/aromatic N) is 2. The summed E-state index contributed by atoms with van der Waals surface area (Å²) < 4.78 is 0. The Morgan fingerprint density at radius 2 is 2.00 bits per heavy atom. The zero-order valence-electron chi connectivity index (χ0n) is 13.5. The van der Waals surface area contributed by atoms with E-state index in [1.807, 2.05) is 24.3 Å². The highest BCUT2D eigenvalue weighted by Crippen LogP contribution is 2.20. The third-order valence-corrected chi connectivity index (χ3v) is 4.45. The average Bonchev–Trinajstić information content (AvgIpc) is 2.55. The molecule has 124 valence electrons. The number of nitrogens with one attached hydrogen (secondary N) is 1. The second kappa shape index (κ2) is 8.74. The summed E-state index contributed by atoms with van der Waals surface area (Å²) in [6.07, 6.45) is 2.04. The van der Waals surface area contributed by atoms with Crippen LogP contribution in [-0.2, 0) is 11.3 Å². The Labute approximate surface area is 151 Å². The molecule has 0 saturated heterocycles. The van der Waals surface area contributed by atoms with E-state index in [-0.39, 0.29) is 12.5 Å². The van der Waals surface area contributed by atoms with Crippen molar-refractivity contribution in [3.63, 3.8) is 0 Å². The van der Waals surface area contributed by atoms with Crippen molar-refractivity contribution in [3.05, 3.63) is 58.6 Å². The largest absolute Gasteiger partial charge is 0.325 e. The minimum absolute atomic E-state index is 0.126. The van der Waals surface area contributed by atoms with Crippen molar-refractivity contribution in [1.29, 1.82) is 5.26 Å². The molecule has 0 unspecified atom stereocenters. The molecule has 0 atom stereocenters. The molecule has 1 amide bonds. The molecule has 0 fully saturated rings. The summed E-state index contributed by atoms with van der Waals surface area (Å²) in [6, 6.07) is 15.1. The van der Waals surface area contributed by atoms with Gasteiger partial charge in [0.05, 0.1) is 17.1 Å². The maximum atomic E-state index is 12.1. The third kappa shape index (κ3) is 5.27. The van der Waals surface area contributed by atoms with Crippen LogP contribution >= 0.6 is 23.4 Å². The van der Waals surface area contributed by atoms with Gasteiger partial charge in [0.15, 0.2) is 0 Å². The van der Waals surface area contributed by atoms with Crippen molar-refractivity contribution >= 4 is 35.0 Å². The highest BCUT2D eigenvalue weighted by molar-refractivity contribution is 7.98. The number of nitriles is 1. The molecule has 0 heterocycles. The van der Waals surface area contributed by atoms with Crippen LogP contribution in [0.3, 0.4) is 0 Å². The quantitative estimate of drug-likeness (QED) is 0.792. The lowest BCUT2D eigenvalue weighted by Crippen LogP contribution is -2.29. The van der Waals surface area contributed by atoms with Crippen molar-refractivity contribution < 1.29 is 4.79 Å². The van der Waals surface area contributed by atoms with E-state index in [0.717, 1.165) is 5.56 Å². The summed E-state index contributed by atoms with van der Waals surface area (Å²) in [6.45, 7) is 0.956. The summed E-state index contributed by atoms with van der Waals surface area (Å²) in [7, 11) is 1.90. The number of amides is 1. The molecule has 0 aliphatic carbocycles. The van der Waals surface area contributed by atoms with Gasteiger partial charge in [-0.15, -0.1) is 11.8 Å². The second-order valence-electron chi connectivity index (χ2n) is 5.37. The highest BCUT2D eigenvalue weighted by Gasteiger charge is 2.09. The van der Waals surface area contributed by atoms with Gasteiger partial charge in [0.1, 0.15) is 6.07 Å². The molecule has 1 N–H and O–H groups in total. The molecule has 0 aliphatic rings. The minimum atomic E-state index is -0.126. The van der Waals surface area contributed by atoms with E-state index in [1.165, 1.54) is 4.90 Å². The molecule has 0 aromatic heterocycles. The molecule has 0 aliphatic heterocycles. The Hall–Kier alpha value is -2.00. The topological polar surface area (TPSA) is 56.1 Å².